The van der Waals surface area contributed by atoms with E-state index in [0.717, 1.165) is 16.0 Å². The Balaban J connectivity index is 1.83. The molecule has 1 N–H and O–H groups in total. The molecule has 1 heterocycles. The van der Waals surface area contributed by atoms with Crippen molar-refractivity contribution in [1.29, 1.82) is 0 Å². The lowest BCUT2D eigenvalue weighted by atomic mass is 10.0. The lowest BCUT2D eigenvalue weighted by Gasteiger charge is -2.26. The number of nitrogens with one attached hydrogen (secondary N) is 1. The second kappa shape index (κ2) is 10.7. The van der Waals surface area contributed by atoms with Gasteiger partial charge in [0.15, 0.2) is 6.61 Å². The van der Waals surface area contributed by atoms with Crippen molar-refractivity contribution in [2.75, 3.05) is 11.9 Å². The highest BCUT2D eigenvalue weighted by molar-refractivity contribution is 6.55. The Morgan fingerprint density at radius 3 is 2.00 bits per heavy atom. The van der Waals surface area contributed by atoms with Gasteiger partial charge < -0.3 is 10.1 Å². The number of carbonyl (C=O) groups is 4. The second-order valence-electron chi connectivity index (χ2n) is 8.61. The summed E-state index contributed by atoms with van der Waals surface area (Å²) < 4.78 is 5.21. The van der Waals surface area contributed by atoms with Crippen LogP contribution in [0, 0.1) is 19.8 Å². The van der Waals surface area contributed by atoms with Gasteiger partial charge in [-0.2, -0.15) is 0 Å². The summed E-state index contributed by atoms with van der Waals surface area (Å²) in [5.41, 5.74) is 1.91. The molecule has 35 heavy (non-hydrogen) atoms. The molecule has 186 valence electrons. The van der Waals surface area contributed by atoms with Crippen LogP contribution in [-0.2, 0) is 14.3 Å². The quantitative estimate of drug-likeness (QED) is 0.191. The predicted molar refractivity (Wildman–Crippen MR) is 136 cm³/mol. The number of anilines is 1. The SMILES string of the molecule is Cc1ccc(C)c(NC(=O)COC(=O)[C@@H](CC(C)C)N2C(=O)c3c(Cl)c(Cl)c(Cl)c(Cl)c3C2=O)c1. The van der Waals surface area contributed by atoms with Gasteiger partial charge in [0.05, 0.1) is 31.2 Å². The molecule has 0 saturated heterocycles. The topological polar surface area (TPSA) is 92.8 Å². The number of imide groups is 1. The standard InChI is InChI=1S/C24H22Cl4N2O5/c1-10(2)7-14(24(34)35-9-15(31)29-13-8-11(3)5-6-12(13)4)30-22(32)16-17(23(30)33)19(26)21(28)20(27)18(16)25/h5-6,8,10,14H,7,9H2,1-4H3,(H,29,31)/t14-/m1/s1. The van der Waals surface area contributed by atoms with Crippen LogP contribution >= 0.6 is 46.4 Å². The molecule has 0 radical (unpaired) electrons. The van der Waals surface area contributed by atoms with Crippen molar-refractivity contribution < 1.29 is 23.9 Å². The van der Waals surface area contributed by atoms with E-state index >= 15 is 0 Å². The first-order valence-corrected chi connectivity index (χ1v) is 12.1. The zero-order valence-electron chi connectivity index (χ0n) is 19.3. The molecule has 2 aromatic rings. The lowest BCUT2D eigenvalue weighted by Crippen LogP contribution is -2.47. The zero-order chi connectivity index (χ0) is 26.2. The summed E-state index contributed by atoms with van der Waals surface area (Å²) >= 11 is 24.5. The van der Waals surface area contributed by atoms with Gasteiger partial charge in [0.2, 0.25) is 0 Å². The van der Waals surface area contributed by atoms with Crippen molar-refractivity contribution in [2.45, 2.75) is 40.2 Å². The average molecular weight is 560 g/mol. The molecule has 1 atom stereocenters. The number of rotatable bonds is 7. The van der Waals surface area contributed by atoms with Crippen LogP contribution in [0.25, 0.3) is 0 Å². The van der Waals surface area contributed by atoms with Gasteiger partial charge in [-0.05, 0) is 43.4 Å². The number of carbonyl (C=O) groups excluding carboxylic acids is 4. The predicted octanol–water partition coefficient (Wildman–Crippen LogP) is 6.11. The van der Waals surface area contributed by atoms with E-state index in [1.165, 1.54) is 0 Å². The fraction of sp³-hybridized carbons (Fsp3) is 0.333. The molecule has 7 nitrogen and oxygen atoms in total. The molecule has 0 spiro atoms. The van der Waals surface area contributed by atoms with Gasteiger partial charge in [-0.3, -0.25) is 19.3 Å². The van der Waals surface area contributed by atoms with Crippen molar-refractivity contribution >= 4 is 75.8 Å². The smallest absolute Gasteiger partial charge is 0.329 e. The van der Waals surface area contributed by atoms with Crippen molar-refractivity contribution in [2.24, 2.45) is 5.92 Å². The van der Waals surface area contributed by atoms with Crippen molar-refractivity contribution in [1.82, 2.24) is 4.90 Å². The lowest BCUT2D eigenvalue weighted by molar-refractivity contribution is -0.151. The molecule has 0 unspecified atom stereocenters. The highest BCUT2D eigenvalue weighted by atomic mass is 35.5. The number of esters is 1. The van der Waals surface area contributed by atoms with E-state index in [4.69, 9.17) is 51.1 Å². The van der Waals surface area contributed by atoms with Crippen LogP contribution in [0.4, 0.5) is 5.69 Å². The summed E-state index contributed by atoms with van der Waals surface area (Å²) in [5, 5.41) is 1.87. The van der Waals surface area contributed by atoms with Crippen molar-refractivity contribution in [3.05, 3.63) is 60.5 Å². The third-order valence-corrected chi connectivity index (χ3v) is 7.23. The Kier molecular flexibility index (Phi) is 8.37. The fourth-order valence-electron chi connectivity index (χ4n) is 3.69. The highest BCUT2D eigenvalue weighted by Crippen LogP contribution is 2.45. The van der Waals surface area contributed by atoms with Gasteiger partial charge >= 0.3 is 5.97 Å². The summed E-state index contributed by atoms with van der Waals surface area (Å²) in [5.74, 6) is -3.30. The first kappa shape index (κ1) is 27.3. The molecule has 11 heteroatoms. The summed E-state index contributed by atoms with van der Waals surface area (Å²) in [6.45, 7) is 6.71. The molecule has 0 fully saturated rings. The third kappa shape index (κ3) is 5.43. The van der Waals surface area contributed by atoms with Crippen LogP contribution < -0.4 is 5.32 Å². The molecule has 1 aliphatic heterocycles. The van der Waals surface area contributed by atoms with Crippen molar-refractivity contribution in [3.63, 3.8) is 0 Å². The molecule has 0 bridgehead atoms. The van der Waals surface area contributed by atoms with Gasteiger partial charge in [0.1, 0.15) is 6.04 Å². The maximum atomic E-state index is 13.2. The summed E-state index contributed by atoms with van der Waals surface area (Å²) in [4.78, 5) is 52.6. The minimum absolute atomic E-state index is 0.0829. The molecule has 2 aromatic carbocycles. The molecule has 0 saturated carbocycles. The molecule has 3 rings (SSSR count). The minimum Gasteiger partial charge on any atom is -0.454 e. The normalized spacial score (nSPS) is 13.8. The van der Waals surface area contributed by atoms with E-state index in [1.807, 2.05) is 26.0 Å². The van der Waals surface area contributed by atoms with E-state index < -0.39 is 36.3 Å². The molecule has 3 amide bonds. The van der Waals surface area contributed by atoms with Crippen LogP contribution in [0.3, 0.4) is 0 Å². The molecule has 0 aliphatic carbocycles. The number of nitrogens with zero attached hydrogens (tertiary/aromatic N) is 1. The Morgan fingerprint density at radius 2 is 1.49 bits per heavy atom. The number of benzene rings is 2. The first-order valence-electron chi connectivity index (χ1n) is 10.6. The van der Waals surface area contributed by atoms with E-state index in [-0.39, 0.29) is 43.6 Å². The molecule has 0 aromatic heterocycles. The number of fused-ring (bicyclic) bond motifs is 1. The van der Waals surface area contributed by atoms with E-state index in [9.17, 15) is 19.2 Å². The molecule has 1 aliphatic rings. The molecular weight excluding hydrogens is 538 g/mol. The van der Waals surface area contributed by atoms with Crippen molar-refractivity contribution in [3.8, 4) is 0 Å². The largest absolute Gasteiger partial charge is 0.454 e. The first-order chi connectivity index (χ1) is 16.3. The number of hydrogen-bond donors (Lipinski definition) is 1. The van der Waals surface area contributed by atoms with Gasteiger partial charge in [0.25, 0.3) is 17.7 Å². The van der Waals surface area contributed by atoms with Gasteiger partial charge in [0, 0.05) is 5.69 Å². The van der Waals surface area contributed by atoms with Crippen LogP contribution in [-0.4, -0.2) is 41.2 Å². The number of ether oxygens (including phenoxy) is 1. The fourth-order valence-corrected chi connectivity index (χ4v) is 4.71. The Hall–Kier alpha value is -2.32. The Morgan fingerprint density at radius 1 is 0.943 bits per heavy atom. The number of amides is 3. The van der Waals surface area contributed by atoms with Gasteiger partial charge in [-0.1, -0.05) is 72.4 Å². The zero-order valence-corrected chi connectivity index (χ0v) is 22.3. The summed E-state index contributed by atoms with van der Waals surface area (Å²) in [7, 11) is 0. The minimum atomic E-state index is -1.32. The maximum absolute atomic E-state index is 13.2. The van der Waals surface area contributed by atoms with Crippen LogP contribution in [0.2, 0.25) is 20.1 Å². The summed E-state index contributed by atoms with van der Waals surface area (Å²) in [6, 6.07) is 4.23. The van der Waals surface area contributed by atoms with Crippen LogP contribution in [0.15, 0.2) is 18.2 Å². The third-order valence-electron chi connectivity index (χ3n) is 5.42. The van der Waals surface area contributed by atoms with Crippen LogP contribution in [0.1, 0.15) is 52.1 Å². The number of aryl methyl sites for hydroxylation is 2. The second-order valence-corrected chi connectivity index (χ2v) is 10.1. The number of halogens is 4. The van der Waals surface area contributed by atoms with Gasteiger partial charge in [-0.25, -0.2) is 4.79 Å². The van der Waals surface area contributed by atoms with E-state index in [0.29, 0.717) is 5.69 Å². The Labute approximate surface area is 222 Å². The Bertz CT molecular complexity index is 1200. The summed E-state index contributed by atoms with van der Waals surface area (Å²) in [6.07, 6.45) is 0.0829. The monoisotopic (exact) mass is 558 g/mol. The van der Waals surface area contributed by atoms with Crippen LogP contribution in [0.5, 0.6) is 0 Å². The van der Waals surface area contributed by atoms with E-state index in [2.05, 4.69) is 5.32 Å². The van der Waals surface area contributed by atoms with Gasteiger partial charge in [-0.15, -0.1) is 0 Å². The average Bonchev–Trinajstić information content (AvgIpc) is 3.05. The van der Waals surface area contributed by atoms with E-state index in [1.54, 1.807) is 19.9 Å². The number of hydrogen-bond acceptors (Lipinski definition) is 5. The maximum Gasteiger partial charge on any atom is 0.329 e. The molecular formula is C24H22Cl4N2O5. The highest BCUT2D eigenvalue weighted by Gasteiger charge is 2.47.